The highest BCUT2D eigenvalue weighted by Gasteiger charge is 2.19. The van der Waals surface area contributed by atoms with Crippen LogP contribution in [0.2, 0.25) is 5.15 Å². The van der Waals surface area contributed by atoms with Gasteiger partial charge in [0.15, 0.2) is 0 Å². The molecule has 0 atom stereocenters. The van der Waals surface area contributed by atoms with Crippen LogP contribution in [0, 0.1) is 16.0 Å². The first kappa shape index (κ1) is 13.2. The number of nitro groups is 1. The van der Waals surface area contributed by atoms with E-state index in [1.54, 1.807) is 0 Å². The van der Waals surface area contributed by atoms with Gasteiger partial charge in [0.25, 0.3) is 0 Å². The van der Waals surface area contributed by atoms with Gasteiger partial charge < -0.3 is 11.1 Å². The Morgan fingerprint density at radius 1 is 1.71 bits per heavy atom. The summed E-state index contributed by atoms with van der Waals surface area (Å²) in [5.41, 5.74) is 6.30. The minimum Gasteiger partial charge on any atom is -0.401 e. The lowest BCUT2D eigenvalue weighted by Gasteiger charge is -2.07. The van der Waals surface area contributed by atoms with Gasteiger partial charge in [-0.2, -0.15) is 0 Å². The third-order valence-corrected chi connectivity index (χ3v) is 2.40. The molecule has 0 radical (unpaired) electrons. The molecular formula is C10H13ClN4O2. The lowest BCUT2D eigenvalue weighted by atomic mass is 10.1. The van der Waals surface area contributed by atoms with Gasteiger partial charge in [0.1, 0.15) is 5.69 Å². The molecule has 0 bridgehead atoms. The number of hydrogen-bond donors (Lipinski definition) is 2. The second-order valence-corrected chi connectivity index (χ2v) is 4.06. The van der Waals surface area contributed by atoms with Crippen molar-refractivity contribution in [3.05, 3.63) is 39.4 Å². The van der Waals surface area contributed by atoms with Crippen molar-refractivity contribution in [3.8, 4) is 0 Å². The van der Waals surface area contributed by atoms with Crippen LogP contribution in [0.4, 0.5) is 11.4 Å². The molecule has 3 N–H and O–H groups in total. The maximum absolute atomic E-state index is 10.8. The number of aromatic nitrogens is 1. The molecule has 0 saturated heterocycles. The van der Waals surface area contributed by atoms with E-state index in [-0.39, 0.29) is 22.4 Å². The zero-order chi connectivity index (χ0) is 13.0. The molecule has 0 unspecified atom stereocenters. The van der Waals surface area contributed by atoms with E-state index < -0.39 is 4.92 Å². The van der Waals surface area contributed by atoms with Crippen LogP contribution in [0.15, 0.2) is 24.2 Å². The molecule has 6 nitrogen and oxygen atoms in total. The van der Waals surface area contributed by atoms with Gasteiger partial charge in [-0.1, -0.05) is 25.4 Å². The van der Waals surface area contributed by atoms with Crippen molar-refractivity contribution >= 4 is 23.0 Å². The zero-order valence-electron chi connectivity index (χ0n) is 9.48. The molecule has 0 saturated carbocycles. The number of rotatable bonds is 4. The van der Waals surface area contributed by atoms with Gasteiger partial charge in [-0.15, -0.1) is 0 Å². The number of nitrogens with zero attached hydrogens (tertiary/aromatic N) is 2. The molecule has 0 fully saturated rings. The first-order chi connectivity index (χ1) is 7.93. The maximum atomic E-state index is 10.8. The Morgan fingerprint density at radius 2 is 2.35 bits per heavy atom. The molecule has 1 aromatic heterocycles. The van der Waals surface area contributed by atoms with E-state index in [0.717, 1.165) is 0 Å². The van der Waals surface area contributed by atoms with E-state index >= 15 is 0 Å². The van der Waals surface area contributed by atoms with Crippen molar-refractivity contribution in [2.75, 3.05) is 5.32 Å². The average molecular weight is 257 g/mol. The van der Waals surface area contributed by atoms with E-state index in [2.05, 4.69) is 10.3 Å². The van der Waals surface area contributed by atoms with Crippen LogP contribution in [0.1, 0.15) is 13.8 Å². The van der Waals surface area contributed by atoms with E-state index in [1.165, 1.54) is 18.5 Å². The second kappa shape index (κ2) is 5.49. The minimum absolute atomic E-state index is 0.152. The van der Waals surface area contributed by atoms with Crippen molar-refractivity contribution in [2.24, 2.45) is 11.7 Å². The number of hydrogen-bond acceptors (Lipinski definition) is 5. The number of allylic oxidation sites excluding steroid dienone is 1. The number of nitrogens with one attached hydrogen (secondary N) is 1. The quantitative estimate of drug-likeness (QED) is 0.490. The lowest BCUT2D eigenvalue weighted by molar-refractivity contribution is -0.384. The summed E-state index contributed by atoms with van der Waals surface area (Å²) in [4.78, 5) is 13.9. The van der Waals surface area contributed by atoms with E-state index in [9.17, 15) is 10.1 Å². The fraction of sp³-hybridized carbons (Fsp3) is 0.300. The molecule has 0 aliphatic heterocycles. The zero-order valence-corrected chi connectivity index (χ0v) is 10.2. The Kier molecular flexibility index (Phi) is 4.28. The Labute approximate surface area is 104 Å². The van der Waals surface area contributed by atoms with Crippen molar-refractivity contribution < 1.29 is 4.92 Å². The normalized spacial score (nSPS) is 11.6. The molecule has 17 heavy (non-hydrogen) atoms. The Bertz CT molecular complexity index is 460. The Morgan fingerprint density at radius 3 is 2.88 bits per heavy atom. The summed E-state index contributed by atoms with van der Waals surface area (Å²) in [5, 5.41) is 13.4. The van der Waals surface area contributed by atoms with Crippen LogP contribution in [0.3, 0.4) is 0 Å². The van der Waals surface area contributed by atoms with Crippen LogP contribution in [-0.4, -0.2) is 9.91 Å². The molecule has 0 spiro atoms. The van der Waals surface area contributed by atoms with Crippen molar-refractivity contribution in [3.63, 3.8) is 0 Å². The second-order valence-electron chi connectivity index (χ2n) is 3.70. The summed E-state index contributed by atoms with van der Waals surface area (Å²) in [6, 6.07) is 1.47. The third kappa shape index (κ3) is 3.32. The predicted molar refractivity (Wildman–Crippen MR) is 66.6 cm³/mol. The highest BCUT2D eigenvalue weighted by Crippen LogP contribution is 2.30. The van der Waals surface area contributed by atoms with Crippen LogP contribution in [0.25, 0.3) is 0 Å². The SMILES string of the molecule is CC(C)/C(N)=C/Nc1ccnc(Cl)c1[N+](=O)[O-]. The Hall–Kier alpha value is -1.82. The summed E-state index contributed by atoms with van der Waals surface area (Å²) in [6.07, 6.45) is 2.90. The number of halogens is 1. The minimum atomic E-state index is -0.586. The van der Waals surface area contributed by atoms with Crippen molar-refractivity contribution in [1.29, 1.82) is 0 Å². The summed E-state index contributed by atoms with van der Waals surface area (Å²) in [6.45, 7) is 3.84. The summed E-state index contributed by atoms with van der Waals surface area (Å²) < 4.78 is 0. The summed E-state index contributed by atoms with van der Waals surface area (Å²) in [5.74, 6) is 0.152. The smallest absolute Gasteiger partial charge is 0.329 e. The standard InChI is InChI=1S/C10H13ClN4O2/c1-6(2)7(12)5-14-8-3-4-13-10(11)9(8)15(16)17/h3-6H,12H2,1-2H3,(H,13,14)/b7-5-. The monoisotopic (exact) mass is 256 g/mol. The predicted octanol–water partition coefficient (Wildman–Crippen LogP) is 2.51. The van der Waals surface area contributed by atoms with Crippen LogP contribution < -0.4 is 11.1 Å². The van der Waals surface area contributed by atoms with Crippen LogP contribution in [0.5, 0.6) is 0 Å². The number of nitrogens with two attached hydrogens (primary N) is 1. The fourth-order valence-electron chi connectivity index (χ4n) is 1.05. The molecule has 0 aliphatic rings. The molecule has 92 valence electrons. The number of anilines is 1. The highest BCUT2D eigenvalue weighted by molar-refractivity contribution is 6.32. The van der Waals surface area contributed by atoms with Crippen molar-refractivity contribution in [2.45, 2.75) is 13.8 Å². The van der Waals surface area contributed by atoms with Gasteiger partial charge >= 0.3 is 5.69 Å². The number of pyridine rings is 1. The topological polar surface area (TPSA) is 94.1 Å². The Balaban J connectivity index is 3.03. The molecular weight excluding hydrogens is 244 g/mol. The largest absolute Gasteiger partial charge is 0.401 e. The van der Waals surface area contributed by atoms with E-state index in [0.29, 0.717) is 5.70 Å². The summed E-state index contributed by atoms with van der Waals surface area (Å²) in [7, 11) is 0. The first-order valence-corrected chi connectivity index (χ1v) is 5.32. The van der Waals surface area contributed by atoms with Gasteiger partial charge in [-0.05, 0) is 12.0 Å². The molecule has 0 aliphatic carbocycles. The molecule has 7 heteroatoms. The first-order valence-electron chi connectivity index (χ1n) is 4.94. The van der Waals surface area contributed by atoms with E-state index in [1.807, 2.05) is 13.8 Å². The average Bonchev–Trinajstić information content (AvgIpc) is 2.24. The fourth-order valence-corrected chi connectivity index (χ4v) is 1.27. The third-order valence-electron chi connectivity index (χ3n) is 2.12. The van der Waals surface area contributed by atoms with E-state index in [4.69, 9.17) is 17.3 Å². The van der Waals surface area contributed by atoms with Gasteiger partial charge in [-0.3, -0.25) is 10.1 Å². The van der Waals surface area contributed by atoms with Gasteiger partial charge in [0.05, 0.1) is 4.92 Å². The lowest BCUT2D eigenvalue weighted by Crippen LogP contribution is -2.08. The van der Waals surface area contributed by atoms with Crippen molar-refractivity contribution in [1.82, 2.24) is 4.98 Å². The van der Waals surface area contributed by atoms with Crippen LogP contribution in [-0.2, 0) is 0 Å². The molecule has 0 amide bonds. The van der Waals surface area contributed by atoms with Gasteiger partial charge in [0, 0.05) is 18.1 Å². The van der Waals surface area contributed by atoms with Gasteiger partial charge in [-0.25, -0.2) is 4.98 Å². The molecule has 1 aromatic rings. The van der Waals surface area contributed by atoms with Crippen LogP contribution >= 0.6 is 11.6 Å². The summed E-state index contributed by atoms with van der Waals surface area (Å²) >= 11 is 5.66. The molecule has 0 aromatic carbocycles. The highest BCUT2D eigenvalue weighted by atomic mass is 35.5. The van der Waals surface area contributed by atoms with Gasteiger partial charge in [0.2, 0.25) is 5.15 Å². The molecule has 1 heterocycles. The molecule has 1 rings (SSSR count). The maximum Gasteiger partial charge on any atom is 0.329 e.